The second-order valence-electron chi connectivity index (χ2n) is 4.36. The van der Waals surface area contributed by atoms with Gasteiger partial charge in [-0.1, -0.05) is 20.8 Å². The molecule has 0 aliphatic heterocycles. The van der Waals surface area contributed by atoms with Gasteiger partial charge in [0, 0.05) is 18.5 Å². The maximum Gasteiger partial charge on any atom is 0.235 e. The summed E-state index contributed by atoms with van der Waals surface area (Å²) in [6.45, 7) is 6.24. The maximum atomic E-state index is 12.8. The predicted molar refractivity (Wildman–Crippen MR) is 51.6 cm³/mol. The topological polar surface area (TPSA) is 30.2 Å². The Bertz CT molecular complexity index is 468. The fourth-order valence-electron chi connectivity index (χ4n) is 1.24. The highest BCUT2D eigenvalue weighted by Crippen LogP contribution is 2.21. The number of nitrogens with zero attached hydrogens (tertiary/aromatic N) is 3. The number of aromatic nitrogens is 3. The van der Waals surface area contributed by atoms with Crippen LogP contribution in [0.15, 0.2) is 18.5 Å². The third-order valence-electron chi connectivity index (χ3n) is 2.15. The zero-order valence-electron chi connectivity index (χ0n) is 8.45. The lowest BCUT2D eigenvalue weighted by Crippen LogP contribution is -2.12. The summed E-state index contributed by atoms with van der Waals surface area (Å²) in [6, 6.07) is 1.31. The van der Waals surface area contributed by atoms with Crippen molar-refractivity contribution in [2.45, 2.75) is 26.2 Å². The molecule has 0 aliphatic rings. The van der Waals surface area contributed by atoms with E-state index in [1.807, 2.05) is 6.20 Å². The van der Waals surface area contributed by atoms with Gasteiger partial charge in [0.1, 0.15) is 0 Å². The summed E-state index contributed by atoms with van der Waals surface area (Å²) < 4.78 is 14.2. The Morgan fingerprint density at radius 3 is 2.71 bits per heavy atom. The van der Waals surface area contributed by atoms with Crippen molar-refractivity contribution in [2.75, 3.05) is 0 Å². The average Bonchev–Trinajstić information content (AvgIpc) is 2.41. The molecule has 0 unspecified atom stereocenters. The molecular formula is C10H12FN3. The van der Waals surface area contributed by atoms with Gasteiger partial charge in [-0.05, 0) is 11.0 Å². The summed E-state index contributed by atoms with van der Waals surface area (Å²) in [6.07, 6.45) is 3.57. The van der Waals surface area contributed by atoms with Gasteiger partial charge in [0.05, 0.1) is 0 Å². The number of hydrogen-bond acceptors (Lipinski definition) is 2. The first-order valence-electron chi connectivity index (χ1n) is 4.48. The molecule has 0 bridgehead atoms. The Balaban J connectivity index is 2.62. The summed E-state index contributed by atoms with van der Waals surface area (Å²) in [7, 11) is 0. The molecule has 0 saturated heterocycles. The third kappa shape index (κ3) is 1.47. The van der Waals surface area contributed by atoms with E-state index < -0.39 is 5.95 Å². The lowest BCUT2D eigenvalue weighted by atomic mass is 9.89. The minimum absolute atomic E-state index is 0.00359. The summed E-state index contributed by atoms with van der Waals surface area (Å²) in [5, 5.41) is 3.67. The van der Waals surface area contributed by atoms with Gasteiger partial charge >= 0.3 is 0 Å². The van der Waals surface area contributed by atoms with E-state index in [0.717, 1.165) is 5.56 Å². The normalized spacial score (nSPS) is 12.3. The predicted octanol–water partition coefficient (Wildman–Crippen LogP) is 2.17. The second-order valence-corrected chi connectivity index (χ2v) is 4.36. The van der Waals surface area contributed by atoms with E-state index >= 15 is 0 Å². The van der Waals surface area contributed by atoms with Crippen molar-refractivity contribution >= 4 is 5.65 Å². The van der Waals surface area contributed by atoms with Crippen LogP contribution in [0.3, 0.4) is 0 Å². The second kappa shape index (κ2) is 2.77. The molecule has 2 aromatic rings. The Labute approximate surface area is 81.6 Å². The van der Waals surface area contributed by atoms with Crippen molar-refractivity contribution in [3.63, 3.8) is 0 Å². The van der Waals surface area contributed by atoms with Crippen LogP contribution in [0.1, 0.15) is 26.3 Å². The molecule has 0 spiro atoms. The van der Waals surface area contributed by atoms with Crippen LogP contribution in [0, 0.1) is 5.95 Å². The van der Waals surface area contributed by atoms with Gasteiger partial charge in [-0.3, -0.25) is 0 Å². The van der Waals surface area contributed by atoms with Crippen molar-refractivity contribution in [1.29, 1.82) is 0 Å². The molecule has 0 aromatic carbocycles. The fourth-order valence-corrected chi connectivity index (χ4v) is 1.24. The molecule has 0 atom stereocenters. The minimum Gasteiger partial charge on any atom is -0.237 e. The zero-order valence-corrected chi connectivity index (χ0v) is 8.45. The lowest BCUT2D eigenvalue weighted by molar-refractivity contribution is 0.561. The quantitative estimate of drug-likeness (QED) is 0.641. The number of hydrogen-bond donors (Lipinski definition) is 0. The van der Waals surface area contributed by atoms with Gasteiger partial charge in [0.25, 0.3) is 0 Å². The van der Waals surface area contributed by atoms with Gasteiger partial charge in [-0.15, -0.1) is 5.10 Å². The number of rotatable bonds is 0. The van der Waals surface area contributed by atoms with Crippen LogP contribution < -0.4 is 0 Å². The summed E-state index contributed by atoms with van der Waals surface area (Å²) >= 11 is 0. The third-order valence-corrected chi connectivity index (χ3v) is 2.15. The fraction of sp³-hybridized carbons (Fsp3) is 0.400. The molecular weight excluding hydrogens is 181 g/mol. The highest BCUT2D eigenvalue weighted by Gasteiger charge is 2.15. The smallest absolute Gasteiger partial charge is 0.235 e. The molecule has 74 valence electrons. The van der Waals surface area contributed by atoms with Crippen molar-refractivity contribution < 1.29 is 4.39 Å². The van der Waals surface area contributed by atoms with Crippen LogP contribution in [0.5, 0.6) is 0 Å². The molecule has 2 aromatic heterocycles. The Morgan fingerprint density at radius 2 is 2.07 bits per heavy atom. The molecule has 14 heavy (non-hydrogen) atoms. The first kappa shape index (κ1) is 9.12. The van der Waals surface area contributed by atoms with Crippen molar-refractivity contribution in [1.82, 2.24) is 14.6 Å². The van der Waals surface area contributed by atoms with Crippen LogP contribution in [0.25, 0.3) is 5.65 Å². The van der Waals surface area contributed by atoms with Crippen molar-refractivity contribution in [3.8, 4) is 0 Å². The maximum absolute atomic E-state index is 12.8. The highest BCUT2D eigenvalue weighted by atomic mass is 19.1. The standard InChI is InChI=1S/C10H12FN3/c1-10(2,3)7-5-12-9-4-8(11)13-14(9)6-7/h4-6H,1-3H3. The van der Waals surface area contributed by atoms with Gasteiger partial charge in [-0.25, -0.2) is 9.50 Å². The van der Waals surface area contributed by atoms with E-state index in [2.05, 4.69) is 30.9 Å². The molecule has 0 radical (unpaired) electrons. The molecule has 0 amide bonds. The summed E-state index contributed by atoms with van der Waals surface area (Å²) in [5.74, 6) is -0.497. The van der Waals surface area contributed by atoms with E-state index in [4.69, 9.17) is 0 Å². The SMILES string of the molecule is CC(C)(C)c1cnc2cc(F)nn2c1. The van der Waals surface area contributed by atoms with Crippen LogP contribution in [-0.4, -0.2) is 14.6 Å². The molecule has 0 aliphatic carbocycles. The van der Waals surface area contributed by atoms with E-state index in [9.17, 15) is 4.39 Å². The van der Waals surface area contributed by atoms with Crippen LogP contribution in [0.2, 0.25) is 0 Å². The van der Waals surface area contributed by atoms with Crippen molar-refractivity contribution in [2.24, 2.45) is 0 Å². The van der Waals surface area contributed by atoms with E-state index in [-0.39, 0.29) is 5.41 Å². The Morgan fingerprint density at radius 1 is 1.36 bits per heavy atom. The van der Waals surface area contributed by atoms with Gasteiger partial charge < -0.3 is 0 Å². The first-order chi connectivity index (χ1) is 6.47. The molecule has 0 fully saturated rings. The van der Waals surface area contributed by atoms with E-state index in [1.165, 1.54) is 10.6 Å². The summed E-state index contributed by atoms with van der Waals surface area (Å²) in [5.41, 5.74) is 1.58. The van der Waals surface area contributed by atoms with Gasteiger partial charge in [-0.2, -0.15) is 4.39 Å². The van der Waals surface area contributed by atoms with Gasteiger partial charge in [0.15, 0.2) is 5.65 Å². The molecule has 0 saturated carbocycles. The number of fused-ring (bicyclic) bond motifs is 1. The largest absolute Gasteiger partial charge is 0.237 e. The monoisotopic (exact) mass is 193 g/mol. The summed E-state index contributed by atoms with van der Waals surface area (Å²) in [4.78, 5) is 4.13. The Kier molecular flexibility index (Phi) is 1.80. The molecule has 0 N–H and O–H groups in total. The molecule has 3 nitrogen and oxygen atoms in total. The lowest BCUT2D eigenvalue weighted by Gasteiger charge is -2.17. The number of halogens is 1. The first-order valence-corrected chi connectivity index (χ1v) is 4.48. The molecule has 2 rings (SSSR count). The average molecular weight is 193 g/mol. The minimum atomic E-state index is -0.497. The van der Waals surface area contributed by atoms with E-state index in [0.29, 0.717) is 5.65 Å². The molecule has 2 heterocycles. The van der Waals surface area contributed by atoms with Gasteiger partial charge in [0.2, 0.25) is 5.95 Å². The van der Waals surface area contributed by atoms with Crippen LogP contribution in [-0.2, 0) is 5.41 Å². The zero-order chi connectivity index (χ0) is 10.3. The Hall–Kier alpha value is -1.45. The van der Waals surface area contributed by atoms with E-state index in [1.54, 1.807) is 6.20 Å². The van der Waals surface area contributed by atoms with Crippen LogP contribution >= 0.6 is 0 Å². The molecule has 4 heteroatoms. The van der Waals surface area contributed by atoms with Crippen molar-refractivity contribution in [3.05, 3.63) is 30.0 Å². The highest BCUT2D eigenvalue weighted by molar-refractivity contribution is 5.37. The van der Waals surface area contributed by atoms with Crippen LogP contribution in [0.4, 0.5) is 4.39 Å².